The highest BCUT2D eigenvalue weighted by molar-refractivity contribution is 7.20. The summed E-state index contributed by atoms with van der Waals surface area (Å²) in [5, 5.41) is 1.36. The van der Waals surface area contributed by atoms with Crippen LogP contribution in [0.15, 0.2) is 115 Å². The van der Waals surface area contributed by atoms with Gasteiger partial charge in [0.25, 0.3) is 0 Å². The van der Waals surface area contributed by atoms with E-state index < -0.39 is 0 Å². The summed E-state index contributed by atoms with van der Waals surface area (Å²) in [5.41, 5.74) is 12.1. The second-order valence-corrected chi connectivity index (χ2v) is 13.1. The minimum absolute atomic E-state index is 0.116. The van der Waals surface area contributed by atoms with Crippen molar-refractivity contribution >= 4 is 33.3 Å². The van der Waals surface area contributed by atoms with Gasteiger partial charge in [0.05, 0.1) is 0 Å². The van der Waals surface area contributed by atoms with Crippen molar-refractivity contribution in [3.8, 4) is 33.4 Å². The molecule has 2 aliphatic rings. The Morgan fingerprint density at radius 3 is 2.07 bits per heavy atom. The zero-order valence-electron chi connectivity index (χ0n) is 23.8. The number of hydrogen-bond donors (Lipinski definition) is 0. The minimum atomic E-state index is -0.221. The summed E-state index contributed by atoms with van der Waals surface area (Å²) in [6.07, 6.45) is 6.87. The van der Waals surface area contributed by atoms with E-state index in [2.05, 4.69) is 117 Å². The first-order valence-corrected chi connectivity index (χ1v) is 15.5. The molecule has 0 saturated carbocycles. The predicted octanol–water partition coefficient (Wildman–Crippen LogP) is 10.7. The van der Waals surface area contributed by atoms with Crippen molar-refractivity contribution in [2.24, 2.45) is 0 Å². The Labute approximate surface area is 250 Å². The molecule has 2 aliphatic carbocycles. The van der Waals surface area contributed by atoms with E-state index in [0.29, 0.717) is 0 Å². The smallest absolute Gasteiger partial charge is 0.193 e. The maximum atomic E-state index is 13.6. The molecule has 1 heterocycles. The largest absolute Gasteiger partial charge is 0.289 e. The maximum Gasteiger partial charge on any atom is 0.193 e. The van der Waals surface area contributed by atoms with Gasteiger partial charge in [0.15, 0.2) is 5.78 Å². The highest BCUT2D eigenvalue weighted by Crippen LogP contribution is 2.44. The lowest BCUT2D eigenvalue weighted by atomic mass is 9.68. The van der Waals surface area contributed by atoms with Gasteiger partial charge in [-0.25, -0.2) is 0 Å². The molecule has 2 heteroatoms. The van der Waals surface area contributed by atoms with E-state index in [0.717, 1.165) is 46.2 Å². The molecule has 0 aliphatic heterocycles. The van der Waals surface area contributed by atoms with Crippen LogP contribution in [0, 0.1) is 0 Å². The summed E-state index contributed by atoms with van der Waals surface area (Å²) in [7, 11) is 0. The lowest BCUT2D eigenvalue weighted by molar-refractivity contribution is 0.103. The zero-order chi connectivity index (χ0) is 28.4. The minimum Gasteiger partial charge on any atom is -0.289 e. The van der Waals surface area contributed by atoms with Gasteiger partial charge in [0, 0.05) is 31.5 Å². The van der Waals surface area contributed by atoms with E-state index in [4.69, 9.17) is 0 Å². The number of carbonyl (C=O) groups is 1. The third-order valence-corrected chi connectivity index (χ3v) is 10.5. The van der Waals surface area contributed by atoms with Crippen molar-refractivity contribution in [2.45, 2.75) is 32.1 Å². The second kappa shape index (κ2) is 9.51. The number of thiophene rings is 1. The van der Waals surface area contributed by atoms with Crippen LogP contribution in [0.25, 0.3) is 49.5 Å². The van der Waals surface area contributed by atoms with Gasteiger partial charge < -0.3 is 0 Å². The summed E-state index contributed by atoms with van der Waals surface area (Å²) in [6.45, 7) is 4.43. The lowest BCUT2D eigenvalue weighted by Gasteiger charge is -2.34. The van der Waals surface area contributed by atoms with E-state index in [1.807, 2.05) is 29.5 Å². The van der Waals surface area contributed by atoms with E-state index in [1.54, 1.807) is 0 Å². The van der Waals surface area contributed by atoms with Gasteiger partial charge in [-0.3, -0.25) is 4.79 Å². The van der Waals surface area contributed by atoms with Crippen molar-refractivity contribution in [3.05, 3.63) is 148 Å². The first-order valence-electron chi connectivity index (χ1n) is 14.7. The fourth-order valence-electron chi connectivity index (χ4n) is 6.92. The molecule has 0 radical (unpaired) electrons. The second-order valence-electron chi connectivity index (χ2n) is 12.0. The number of rotatable bonds is 3. The van der Waals surface area contributed by atoms with E-state index in [1.165, 1.54) is 42.8 Å². The summed E-state index contributed by atoms with van der Waals surface area (Å²) in [5.74, 6) is 0.116. The van der Waals surface area contributed by atoms with Gasteiger partial charge in [-0.2, -0.15) is 0 Å². The molecule has 5 aromatic carbocycles. The molecule has 1 nitrogen and oxygen atoms in total. The Morgan fingerprint density at radius 1 is 0.619 bits per heavy atom. The standard InChI is InChI=1S/C40H30OS/c1-40(2)35-18-5-3-15-33(35)38(41)34-24-28(20-21-36(34)40)26-11-7-10-25(22-26)27-12-8-13-29(23-27)30-16-9-17-32-31-14-4-6-19-37(31)42-39(30)32/h3-5,7-18,20-24H,6,19H2,1-2H3. The molecule has 0 N–H and O–H groups in total. The average Bonchev–Trinajstić information content (AvgIpc) is 3.43. The molecule has 0 spiro atoms. The quantitative estimate of drug-likeness (QED) is 0.211. The molecule has 0 unspecified atom stereocenters. The Bertz CT molecular complexity index is 2090. The van der Waals surface area contributed by atoms with E-state index >= 15 is 0 Å². The van der Waals surface area contributed by atoms with Crippen LogP contribution in [0.2, 0.25) is 0 Å². The van der Waals surface area contributed by atoms with Crippen molar-refractivity contribution in [1.29, 1.82) is 0 Å². The molecule has 8 rings (SSSR count). The van der Waals surface area contributed by atoms with Crippen LogP contribution in [0.5, 0.6) is 0 Å². The molecule has 0 saturated heterocycles. The van der Waals surface area contributed by atoms with Crippen molar-refractivity contribution < 1.29 is 4.79 Å². The summed E-state index contributed by atoms with van der Waals surface area (Å²) < 4.78 is 1.38. The first kappa shape index (κ1) is 25.2. The normalized spacial score (nSPS) is 14.9. The fourth-order valence-corrected chi connectivity index (χ4v) is 8.25. The monoisotopic (exact) mass is 558 g/mol. The van der Waals surface area contributed by atoms with Crippen molar-refractivity contribution in [2.75, 3.05) is 0 Å². The van der Waals surface area contributed by atoms with Crippen molar-refractivity contribution in [1.82, 2.24) is 0 Å². The number of carbonyl (C=O) groups excluding carboxylic acids is 1. The molecule has 0 atom stereocenters. The molecule has 1 aromatic heterocycles. The summed E-state index contributed by atoms with van der Waals surface area (Å²) in [4.78, 5) is 15.1. The Kier molecular flexibility index (Phi) is 5.70. The number of hydrogen-bond acceptors (Lipinski definition) is 2. The molecule has 0 bridgehead atoms. The molecule has 6 aromatic rings. The van der Waals surface area contributed by atoms with Crippen LogP contribution in [0.4, 0.5) is 0 Å². The van der Waals surface area contributed by atoms with Gasteiger partial charge in [0.2, 0.25) is 0 Å². The summed E-state index contributed by atoms with van der Waals surface area (Å²) >= 11 is 1.95. The third-order valence-electron chi connectivity index (χ3n) is 9.14. The van der Waals surface area contributed by atoms with Gasteiger partial charge in [0.1, 0.15) is 0 Å². The Morgan fingerprint density at radius 2 is 1.26 bits per heavy atom. The number of ketones is 1. The van der Waals surface area contributed by atoms with Crippen LogP contribution >= 0.6 is 11.3 Å². The lowest BCUT2D eigenvalue weighted by Crippen LogP contribution is -2.30. The molecule has 42 heavy (non-hydrogen) atoms. The van der Waals surface area contributed by atoms with Crippen LogP contribution in [0.3, 0.4) is 0 Å². The topological polar surface area (TPSA) is 17.1 Å². The number of fused-ring (bicyclic) bond motifs is 5. The fraction of sp³-hybridized carbons (Fsp3) is 0.125. The first-order chi connectivity index (χ1) is 20.5. The van der Waals surface area contributed by atoms with Crippen LogP contribution in [0.1, 0.15) is 57.8 Å². The van der Waals surface area contributed by atoms with Crippen LogP contribution in [-0.4, -0.2) is 5.78 Å². The predicted molar refractivity (Wildman–Crippen MR) is 177 cm³/mol. The van der Waals surface area contributed by atoms with Gasteiger partial charge >= 0.3 is 0 Å². The van der Waals surface area contributed by atoms with Gasteiger partial charge in [-0.1, -0.05) is 117 Å². The maximum absolute atomic E-state index is 13.6. The number of allylic oxidation sites excluding steroid dienone is 1. The molecule has 0 fully saturated rings. The van der Waals surface area contributed by atoms with Gasteiger partial charge in [-0.05, 0) is 81.1 Å². The summed E-state index contributed by atoms with van der Waals surface area (Å²) in [6, 6.07) is 38.8. The van der Waals surface area contributed by atoms with Crippen molar-refractivity contribution in [3.63, 3.8) is 0 Å². The van der Waals surface area contributed by atoms with Crippen LogP contribution in [-0.2, 0) is 11.8 Å². The highest BCUT2D eigenvalue weighted by atomic mass is 32.1. The zero-order valence-corrected chi connectivity index (χ0v) is 24.6. The molecule has 0 amide bonds. The van der Waals surface area contributed by atoms with E-state index in [9.17, 15) is 4.79 Å². The van der Waals surface area contributed by atoms with E-state index in [-0.39, 0.29) is 11.2 Å². The SMILES string of the molecule is CC1(C)c2ccccc2C(=O)c2cc(-c3cccc(-c4cccc(-c5cccc6c7c(sc56)CCC=C7)c4)c3)ccc21. The highest BCUT2D eigenvalue weighted by Gasteiger charge is 2.36. The average molecular weight is 559 g/mol. The Balaban J connectivity index is 1.18. The van der Waals surface area contributed by atoms with Gasteiger partial charge in [-0.15, -0.1) is 11.3 Å². The Hall–Kier alpha value is -4.53. The third kappa shape index (κ3) is 3.86. The molecular formula is C40H30OS. The molecule has 202 valence electrons. The molecular weight excluding hydrogens is 529 g/mol. The van der Waals surface area contributed by atoms with Crippen LogP contribution < -0.4 is 0 Å². The number of aryl methyl sites for hydroxylation is 1. The number of benzene rings is 5.